The number of ether oxygens (including phenoxy) is 2. The molecular weight excluding hydrogens is 372 g/mol. The summed E-state index contributed by atoms with van der Waals surface area (Å²) in [5, 5.41) is 18.5. The lowest BCUT2D eigenvalue weighted by Gasteiger charge is -2.07. The van der Waals surface area contributed by atoms with Crippen molar-refractivity contribution in [3.8, 4) is 11.5 Å². The first-order valence-electron chi connectivity index (χ1n) is 8.98. The Balaban J connectivity index is 1.97. The van der Waals surface area contributed by atoms with E-state index in [0.29, 0.717) is 28.2 Å². The van der Waals surface area contributed by atoms with Crippen LogP contribution in [0.25, 0.3) is 12.2 Å². The van der Waals surface area contributed by atoms with Gasteiger partial charge in [-0.25, -0.2) is 0 Å². The van der Waals surface area contributed by atoms with E-state index in [0.717, 1.165) is 5.56 Å². The third kappa shape index (κ3) is 6.41. The predicted molar refractivity (Wildman–Crippen MR) is 111 cm³/mol. The van der Waals surface area contributed by atoms with Gasteiger partial charge < -0.3 is 19.7 Å². The van der Waals surface area contributed by atoms with Crippen LogP contribution in [0.4, 0.5) is 0 Å². The Morgan fingerprint density at radius 2 is 1.34 bits per heavy atom. The number of hydrogen-bond donors (Lipinski definition) is 2. The topological polar surface area (TPSA) is 93.1 Å². The Bertz CT molecular complexity index is 851. The monoisotopic (exact) mass is 396 g/mol. The molecule has 2 N–H and O–H groups in total. The number of carbonyl (C=O) groups excluding carboxylic acids is 2. The minimum absolute atomic E-state index is 0.167. The van der Waals surface area contributed by atoms with E-state index in [1.807, 2.05) is 0 Å². The molecule has 29 heavy (non-hydrogen) atoms. The number of carbonyl (C=O) groups is 2. The van der Waals surface area contributed by atoms with E-state index in [4.69, 9.17) is 9.47 Å². The number of methoxy groups -OCH3 is 2. The molecule has 0 fully saturated rings. The summed E-state index contributed by atoms with van der Waals surface area (Å²) < 4.78 is 10.4. The first kappa shape index (κ1) is 22.1. The Morgan fingerprint density at radius 3 is 1.90 bits per heavy atom. The van der Waals surface area contributed by atoms with Gasteiger partial charge in [0.15, 0.2) is 23.1 Å². The Labute approximate surface area is 169 Å². The van der Waals surface area contributed by atoms with Crippen molar-refractivity contribution in [3.05, 3.63) is 70.8 Å². The fourth-order valence-corrected chi connectivity index (χ4v) is 2.68. The van der Waals surface area contributed by atoms with Crippen molar-refractivity contribution >= 4 is 23.7 Å². The SMILES string of the molecule is COc1ccc(/C=C/C(=O)CC(=O)/C=C/c2ccc(CO)c(CO)c2)cc1OC. The van der Waals surface area contributed by atoms with Gasteiger partial charge in [-0.15, -0.1) is 0 Å². The van der Waals surface area contributed by atoms with Gasteiger partial charge in [-0.2, -0.15) is 0 Å². The number of aliphatic hydroxyl groups is 2. The molecule has 0 aromatic heterocycles. The molecule has 0 unspecified atom stereocenters. The van der Waals surface area contributed by atoms with Crippen molar-refractivity contribution < 1.29 is 29.3 Å². The summed E-state index contributed by atoms with van der Waals surface area (Å²) in [6, 6.07) is 10.4. The molecule has 0 heterocycles. The second-order valence-electron chi connectivity index (χ2n) is 6.23. The van der Waals surface area contributed by atoms with Gasteiger partial charge in [0.05, 0.1) is 33.9 Å². The second kappa shape index (κ2) is 10.9. The van der Waals surface area contributed by atoms with Crippen molar-refractivity contribution in [3.63, 3.8) is 0 Å². The molecule has 0 saturated heterocycles. The van der Waals surface area contributed by atoms with Crippen LogP contribution in [0.5, 0.6) is 11.5 Å². The number of allylic oxidation sites excluding steroid dienone is 2. The molecule has 0 aliphatic carbocycles. The van der Waals surface area contributed by atoms with Crippen LogP contribution in [0, 0.1) is 0 Å². The first-order valence-corrected chi connectivity index (χ1v) is 8.98. The maximum absolute atomic E-state index is 12.0. The maximum Gasteiger partial charge on any atom is 0.163 e. The van der Waals surface area contributed by atoms with E-state index in [1.165, 1.54) is 19.3 Å². The molecule has 0 saturated carbocycles. The van der Waals surface area contributed by atoms with Crippen LogP contribution in [0.1, 0.15) is 28.7 Å². The normalized spacial score (nSPS) is 11.2. The number of aliphatic hydroxyl groups excluding tert-OH is 2. The molecule has 0 aliphatic heterocycles. The fourth-order valence-electron chi connectivity index (χ4n) is 2.68. The maximum atomic E-state index is 12.0. The molecule has 0 atom stereocenters. The lowest BCUT2D eigenvalue weighted by atomic mass is 10.0. The van der Waals surface area contributed by atoms with Gasteiger partial charge in [0.1, 0.15) is 0 Å². The van der Waals surface area contributed by atoms with Gasteiger partial charge in [-0.05, 0) is 52.6 Å². The van der Waals surface area contributed by atoms with E-state index >= 15 is 0 Å². The third-order valence-electron chi connectivity index (χ3n) is 4.25. The predicted octanol–water partition coefficient (Wildman–Crippen LogP) is 2.94. The Kier molecular flexibility index (Phi) is 8.33. The molecule has 2 rings (SSSR count). The zero-order valence-corrected chi connectivity index (χ0v) is 16.4. The van der Waals surface area contributed by atoms with Crippen LogP contribution in [0.3, 0.4) is 0 Å². The van der Waals surface area contributed by atoms with E-state index in [9.17, 15) is 19.8 Å². The molecule has 2 aromatic rings. The van der Waals surface area contributed by atoms with Crippen molar-refractivity contribution in [2.75, 3.05) is 14.2 Å². The minimum atomic E-state index is -0.330. The summed E-state index contributed by atoms with van der Waals surface area (Å²) in [6.45, 7) is -0.370. The highest BCUT2D eigenvalue weighted by Crippen LogP contribution is 2.28. The second-order valence-corrected chi connectivity index (χ2v) is 6.23. The van der Waals surface area contributed by atoms with Crippen molar-refractivity contribution in [2.24, 2.45) is 0 Å². The smallest absolute Gasteiger partial charge is 0.163 e. The molecule has 0 amide bonds. The summed E-state index contributed by atoms with van der Waals surface area (Å²) in [7, 11) is 3.07. The van der Waals surface area contributed by atoms with Gasteiger partial charge in [-0.3, -0.25) is 9.59 Å². The fraction of sp³-hybridized carbons (Fsp3) is 0.217. The summed E-state index contributed by atoms with van der Waals surface area (Å²) in [6.07, 6.45) is 5.63. The summed E-state index contributed by atoms with van der Waals surface area (Å²) in [4.78, 5) is 24.1. The van der Waals surface area contributed by atoms with Gasteiger partial charge in [0.25, 0.3) is 0 Å². The Hall–Kier alpha value is -3.22. The molecule has 6 heteroatoms. The molecule has 0 spiro atoms. The molecule has 152 valence electrons. The number of rotatable bonds is 10. The lowest BCUT2D eigenvalue weighted by molar-refractivity contribution is -0.121. The van der Waals surface area contributed by atoms with Crippen molar-refractivity contribution in [1.82, 2.24) is 0 Å². The number of hydrogen-bond acceptors (Lipinski definition) is 6. The molecule has 0 aliphatic rings. The van der Waals surface area contributed by atoms with Gasteiger partial charge in [-0.1, -0.05) is 30.4 Å². The largest absolute Gasteiger partial charge is 0.493 e. The zero-order chi connectivity index (χ0) is 21.2. The molecule has 2 aromatic carbocycles. The summed E-state index contributed by atoms with van der Waals surface area (Å²) in [5.74, 6) is 0.494. The third-order valence-corrected chi connectivity index (χ3v) is 4.25. The highest BCUT2D eigenvalue weighted by Gasteiger charge is 2.06. The summed E-state index contributed by atoms with van der Waals surface area (Å²) >= 11 is 0. The van der Waals surface area contributed by atoms with E-state index in [2.05, 4.69) is 0 Å². The average Bonchev–Trinajstić information content (AvgIpc) is 2.75. The number of benzene rings is 2. The van der Waals surface area contributed by atoms with Crippen molar-refractivity contribution in [2.45, 2.75) is 19.6 Å². The van der Waals surface area contributed by atoms with Crippen LogP contribution in [-0.4, -0.2) is 36.0 Å². The quantitative estimate of drug-likeness (QED) is 0.474. The van der Waals surface area contributed by atoms with Gasteiger partial charge >= 0.3 is 0 Å². The van der Waals surface area contributed by atoms with Crippen molar-refractivity contribution in [1.29, 1.82) is 0 Å². The highest BCUT2D eigenvalue weighted by atomic mass is 16.5. The van der Waals surface area contributed by atoms with Crippen LogP contribution in [-0.2, 0) is 22.8 Å². The van der Waals surface area contributed by atoms with E-state index in [1.54, 1.807) is 55.7 Å². The van der Waals surface area contributed by atoms with Gasteiger partial charge in [0, 0.05) is 0 Å². The van der Waals surface area contributed by atoms with E-state index in [-0.39, 0.29) is 31.2 Å². The zero-order valence-electron chi connectivity index (χ0n) is 16.4. The molecule has 0 radical (unpaired) electrons. The van der Waals surface area contributed by atoms with Crippen LogP contribution < -0.4 is 9.47 Å². The van der Waals surface area contributed by atoms with E-state index < -0.39 is 0 Å². The standard InChI is InChI=1S/C23H24O6/c1-28-22-10-6-17(12-23(22)29-2)5-9-21(27)13-20(26)8-4-16-3-7-18(14-24)19(11-16)15-25/h3-12,24-25H,13-15H2,1-2H3/b8-4+,9-5+. The van der Waals surface area contributed by atoms with Crippen LogP contribution >= 0.6 is 0 Å². The number of ketones is 2. The molecule has 0 bridgehead atoms. The van der Waals surface area contributed by atoms with Crippen LogP contribution in [0.15, 0.2) is 48.6 Å². The summed E-state index contributed by atoms with van der Waals surface area (Å²) in [5.41, 5.74) is 2.68. The lowest BCUT2D eigenvalue weighted by Crippen LogP contribution is -2.02. The van der Waals surface area contributed by atoms with Crippen LogP contribution in [0.2, 0.25) is 0 Å². The van der Waals surface area contributed by atoms with Gasteiger partial charge in [0.2, 0.25) is 0 Å². The minimum Gasteiger partial charge on any atom is -0.493 e. The molecule has 6 nitrogen and oxygen atoms in total. The average molecular weight is 396 g/mol. The first-order chi connectivity index (χ1) is 14.0. The molecular formula is C23H24O6. The Morgan fingerprint density at radius 1 is 0.793 bits per heavy atom. The highest BCUT2D eigenvalue weighted by molar-refractivity contribution is 6.10.